The molecule has 0 bridgehead atoms. The van der Waals surface area contributed by atoms with Crippen molar-refractivity contribution in [3.05, 3.63) is 63.9 Å². The van der Waals surface area contributed by atoms with Crippen LogP contribution in [0.25, 0.3) is 0 Å². The van der Waals surface area contributed by atoms with Gasteiger partial charge in [0.2, 0.25) is 5.67 Å². The number of pyridine rings is 1. The van der Waals surface area contributed by atoms with Crippen LogP contribution in [-0.4, -0.2) is 16.7 Å². The van der Waals surface area contributed by atoms with Gasteiger partial charge in [-0.2, -0.15) is 0 Å². The summed E-state index contributed by atoms with van der Waals surface area (Å²) >= 11 is 5.47. The molecule has 1 atom stereocenters. The largest absolute Gasteiger partial charge is 0.349 e. The minimum Gasteiger partial charge on any atom is -0.349 e. The van der Waals surface area contributed by atoms with Gasteiger partial charge in [0.25, 0.3) is 5.91 Å². The van der Waals surface area contributed by atoms with Crippen LogP contribution in [0.1, 0.15) is 34.5 Å². The Morgan fingerprint density at radius 1 is 1.32 bits per heavy atom. The topological polar surface area (TPSA) is 59.1 Å². The normalized spacial score (nSPS) is 19.4. The van der Waals surface area contributed by atoms with Crippen LogP contribution < -0.4 is 5.32 Å². The molecule has 0 aliphatic heterocycles. The number of fused-ring (bicyclic) bond motifs is 1. The molecule has 0 fully saturated rings. The second-order valence-electron chi connectivity index (χ2n) is 5.64. The highest BCUT2D eigenvalue weighted by molar-refractivity contribution is 6.30. The maximum Gasteiger partial charge on any atom is 0.262 e. The quantitative estimate of drug-likeness (QED) is 0.844. The van der Waals surface area contributed by atoms with Crippen molar-refractivity contribution in [1.82, 2.24) is 10.3 Å². The van der Waals surface area contributed by atoms with E-state index < -0.39 is 28.2 Å². The number of hydrogen-bond donors (Lipinski definition) is 1. The number of benzene rings is 1. The van der Waals surface area contributed by atoms with Gasteiger partial charge in [0.15, 0.2) is 5.78 Å². The Labute approximate surface area is 146 Å². The van der Waals surface area contributed by atoms with Crippen molar-refractivity contribution in [1.29, 1.82) is 0 Å². The lowest BCUT2D eigenvalue weighted by Gasteiger charge is -2.29. The molecule has 130 valence electrons. The number of nitrogens with one attached hydrogen (secondary N) is 1. The number of aromatic nitrogens is 1. The third-order valence-corrected chi connectivity index (χ3v) is 4.46. The van der Waals surface area contributed by atoms with E-state index in [-0.39, 0.29) is 42.0 Å². The fraction of sp³-hybridized carbons (Fsp3) is 0.235. The summed E-state index contributed by atoms with van der Waals surface area (Å²) in [6, 6.07) is 4.82. The predicted molar refractivity (Wildman–Crippen MR) is 83.8 cm³/mol. The van der Waals surface area contributed by atoms with Gasteiger partial charge >= 0.3 is 0 Å². The van der Waals surface area contributed by atoms with Crippen molar-refractivity contribution >= 4 is 23.3 Å². The number of alkyl halides is 1. The van der Waals surface area contributed by atoms with E-state index in [0.717, 1.165) is 12.1 Å². The lowest BCUT2D eigenvalue weighted by Crippen LogP contribution is -2.44. The van der Waals surface area contributed by atoms with E-state index in [2.05, 4.69) is 10.3 Å². The van der Waals surface area contributed by atoms with Crippen LogP contribution in [0.15, 0.2) is 30.5 Å². The second kappa shape index (κ2) is 6.48. The van der Waals surface area contributed by atoms with Crippen molar-refractivity contribution in [3.63, 3.8) is 0 Å². The van der Waals surface area contributed by atoms with Crippen molar-refractivity contribution in [2.75, 3.05) is 0 Å². The number of carbonyl (C=O) groups excluding carboxylic acids is 2. The highest BCUT2D eigenvalue weighted by Crippen LogP contribution is 2.38. The van der Waals surface area contributed by atoms with E-state index in [9.17, 15) is 18.4 Å². The smallest absolute Gasteiger partial charge is 0.262 e. The minimum atomic E-state index is -2.45. The molecule has 3 rings (SSSR count). The zero-order valence-corrected chi connectivity index (χ0v) is 13.5. The number of carbonyl (C=O) groups is 2. The molecule has 1 amide bonds. The van der Waals surface area contributed by atoms with Gasteiger partial charge in [-0.1, -0.05) is 23.7 Å². The first-order valence-corrected chi connectivity index (χ1v) is 7.80. The molecule has 1 aliphatic carbocycles. The van der Waals surface area contributed by atoms with Crippen molar-refractivity contribution < 1.29 is 22.8 Å². The van der Waals surface area contributed by atoms with Gasteiger partial charge in [-0.3, -0.25) is 14.6 Å². The summed E-state index contributed by atoms with van der Waals surface area (Å²) in [6.07, 6.45) is 0.851. The van der Waals surface area contributed by atoms with Crippen LogP contribution in [0, 0.1) is 11.6 Å². The fourth-order valence-electron chi connectivity index (χ4n) is 2.74. The third-order valence-electron chi connectivity index (χ3n) is 4.11. The van der Waals surface area contributed by atoms with E-state index >= 15 is 4.39 Å². The van der Waals surface area contributed by atoms with E-state index in [1.165, 1.54) is 18.3 Å². The molecule has 8 heteroatoms. The number of halogens is 4. The van der Waals surface area contributed by atoms with Crippen molar-refractivity contribution in [2.24, 2.45) is 0 Å². The van der Waals surface area contributed by atoms with Crippen LogP contribution in [0.5, 0.6) is 0 Å². The van der Waals surface area contributed by atoms with Gasteiger partial charge in [0, 0.05) is 36.7 Å². The molecule has 0 saturated carbocycles. The third kappa shape index (κ3) is 3.00. The van der Waals surface area contributed by atoms with Crippen LogP contribution in [-0.2, 0) is 17.0 Å². The van der Waals surface area contributed by atoms with Gasteiger partial charge in [0.05, 0.1) is 0 Å². The Balaban J connectivity index is 1.84. The summed E-state index contributed by atoms with van der Waals surface area (Å²) in [5.41, 5.74) is -2.72. The number of rotatable bonds is 3. The molecule has 1 aliphatic rings. The first-order chi connectivity index (χ1) is 11.8. The van der Waals surface area contributed by atoms with Gasteiger partial charge in [-0.05, 0) is 12.1 Å². The Morgan fingerprint density at radius 2 is 2.08 bits per heavy atom. The van der Waals surface area contributed by atoms with E-state index in [1.54, 1.807) is 0 Å². The summed E-state index contributed by atoms with van der Waals surface area (Å²) in [5, 5.41) is 1.58. The predicted octanol–water partition coefficient (Wildman–Crippen LogP) is 3.47. The SMILES string of the molecule is O=C1CCC(F)(C(=O)NCc2ccc(F)c(Cl)c2F)c2cccnc21. The maximum absolute atomic E-state index is 15.3. The lowest BCUT2D eigenvalue weighted by molar-refractivity contribution is -0.134. The Bertz CT molecular complexity index is 875. The van der Waals surface area contributed by atoms with Crippen LogP contribution in [0.3, 0.4) is 0 Å². The van der Waals surface area contributed by atoms with Gasteiger partial charge in [-0.15, -0.1) is 0 Å². The first-order valence-electron chi connectivity index (χ1n) is 7.43. The number of ketones is 1. The van der Waals surface area contributed by atoms with E-state index in [4.69, 9.17) is 11.6 Å². The molecule has 1 unspecified atom stereocenters. The minimum absolute atomic E-state index is 0.0811. The number of amides is 1. The van der Waals surface area contributed by atoms with Crippen LogP contribution in [0.4, 0.5) is 13.2 Å². The zero-order chi connectivity index (χ0) is 18.2. The molecule has 1 heterocycles. The van der Waals surface area contributed by atoms with Crippen LogP contribution in [0.2, 0.25) is 5.02 Å². The standard InChI is InChI=1S/C17H12ClF3N2O2/c18-13-11(19)4-3-9(14(13)20)8-23-16(25)17(21)6-5-12(24)15-10(17)2-1-7-22-15/h1-4,7H,5-6,8H2,(H,23,25). The Morgan fingerprint density at radius 3 is 2.84 bits per heavy atom. The lowest BCUT2D eigenvalue weighted by atomic mass is 9.81. The number of nitrogens with zero attached hydrogens (tertiary/aromatic N) is 1. The monoisotopic (exact) mass is 368 g/mol. The maximum atomic E-state index is 15.3. The second-order valence-corrected chi connectivity index (χ2v) is 6.02. The zero-order valence-electron chi connectivity index (χ0n) is 12.8. The molecule has 1 N–H and O–H groups in total. The molecule has 0 saturated heterocycles. The molecule has 1 aromatic heterocycles. The summed E-state index contributed by atoms with van der Waals surface area (Å²) in [7, 11) is 0. The van der Waals surface area contributed by atoms with Gasteiger partial charge in [-0.25, -0.2) is 13.2 Å². The summed E-state index contributed by atoms with van der Waals surface area (Å²) < 4.78 is 42.3. The molecule has 25 heavy (non-hydrogen) atoms. The summed E-state index contributed by atoms with van der Waals surface area (Å²) in [4.78, 5) is 28.0. The van der Waals surface area contributed by atoms with E-state index in [1.807, 2.05) is 0 Å². The summed E-state index contributed by atoms with van der Waals surface area (Å²) in [6.45, 7) is -0.375. The Kier molecular flexibility index (Phi) is 4.51. The van der Waals surface area contributed by atoms with Gasteiger partial charge in [0.1, 0.15) is 22.4 Å². The molecular weight excluding hydrogens is 357 g/mol. The van der Waals surface area contributed by atoms with Crippen LogP contribution >= 0.6 is 11.6 Å². The molecule has 0 spiro atoms. The highest BCUT2D eigenvalue weighted by atomic mass is 35.5. The van der Waals surface area contributed by atoms with Gasteiger partial charge < -0.3 is 5.32 Å². The molecular formula is C17H12ClF3N2O2. The van der Waals surface area contributed by atoms with E-state index in [0.29, 0.717) is 0 Å². The highest BCUT2D eigenvalue weighted by Gasteiger charge is 2.46. The summed E-state index contributed by atoms with van der Waals surface area (Å²) in [5.74, 6) is -3.31. The fourth-order valence-corrected chi connectivity index (χ4v) is 2.92. The first kappa shape index (κ1) is 17.4. The molecule has 1 aromatic carbocycles. The Hall–Kier alpha value is -2.41. The van der Waals surface area contributed by atoms with Crippen molar-refractivity contribution in [2.45, 2.75) is 25.1 Å². The molecule has 4 nitrogen and oxygen atoms in total. The molecule has 2 aromatic rings. The number of Topliss-reactive ketones (excluding diaryl/α,β-unsaturated/α-hetero) is 1. The molecule has 0 radical (unpaired) electrons. The average molecular weight is 369 g/mol. The number of hydrogen-bond acceptors (Lipinski definition) is 3. The van der Waals surface area contributed by atoms with Crippen molar-refractivity contribution in [3.8, 4) is 0 Å². The average Bonchev–Trinajstić information content (AvgIpc) is 2.62.